The first-order valence-electron chi connectivity index (χ1n) is 6.16. The van der Waals surface area contributed by atoms with Gasteiger partial charge in [0.25, 0.3) is 5.69 Å². The van der Waals surface area contributed by atoms with E-state index < -0.39 is 16.5 Å². The molecule has 1 aromatic carbocycles. The molecule has 0 radical (unpaired) electrons. The zero-order valence-corrected chi connectivity index (χ0v) is 12.5. The van der Waals surface area contributed by atoms with Gasteiger partial charge in [-0.3, -0.25) is 14.9 Å². The summed E-state index contributed by atoms with van der Waals surface area (Å²) in [6, 6.07) is 4.45. The van der Waals surface area contributed by atoms with Gasteiger partial charge in [-0.05, 0) is 6.07 Å². The van der Waals surface area contributed by atoms with Gasteiger partial charge in [-0.2, -0.15) is 0 Å². The summed E-state index contributed by atoms with van der Waals surface area (Å²) in [5.74, 6) is 0.527. The van der Waals surface area contributed by atoms with Crippen molar-refractivity contribution in [2.45, 2.75) is 16.9 Å². The Morgan fingerprint density at radius 1 is 1.52 bits per heavy atom. The van der Waals surface area contributed by atoms with Crippen molar-refractivity contribution in [3.63, 3.8) is 0 Å². The maximum atomic E-state index is 11.5. The molecule has 1 unspecified atom stereocenters. The number of fused-ring (bicyclic) bond motifs is 1. The fourth-order valence-corrected chi connectivity index (χ4v) is 3.08. The monoisotopic (exact) mass is 313 g/mol. The number of methoxy groups -OCH3 is 2. The third kappa shape index (κ3) is 3.45. The third-order valence-electron chi connectivity index (χ3n) is 3.25. The van der Waals surface area contributed by atoms with E-state index in [1.807, 2.05) is 0 Å². The van der Waals surface area contributed by atoms with Gasteiger partial charge in [-0.25, -0.2) is 0 Å². The van der Waals surface area contributed by atoms with Crippen LogP contribution in [0.3, 0.4) is 0 Å². The Morgan fingerprint density at radius 3 is 2.90 bits per heavy atom. The summed E-state index contributed by atoms with van der Waals surface area (Å²) in [5, 5.41) is 10.8. The highest BCUT2D eigenvalue weighted by Gasteiger charge is 2.37. The predicted octanol–water partition coefficient (Wildman–Crippen LogP) is 2.03. The molecule has 0 saturated heterocycles. The number of carbonyl (C=O) groups is 1. The fraction of sp³-hybridized carbons (Fsp3) is 0.462. The lowest BCUT2D eigenvalue weighted by Gasteiger charge is -2.28. The van der Waals surface area contributed by atoms with Crippen LogP contribution in [-0.2, 0) is 14.3 Å². The van der Waals surface area contributed by atoms with Crippen LogP contribution in [0.2, 0.25) is 0 Å². The molecule has 2 rings (SSSR count). The minimum atomic E-state index is -0.814. The smallest absolute Gasteiger partial charge is 0.308 e. The number of hydrogen-bond donors (Lipinski definition) is 0. The number of carbonyl (C=O) groups excluding carboxylic acids is 1. The third-order valence-corrected chi connectivity index (χ3v) is 4.57. The molecule has 8 heteroatoms. The Bertz CT molecular complexity index is 564. The van der Waals surface area contributed by atoms with Crippen molar-refractivity contribution < 1.29 is 23.9 Å². The molecule has 1 atom stereocenters. The lowest BCUT2D eigenvalue weighted by molar-refractivity contribution is -0.385. The van der Waals surface area contributed by atoms with Crippen LogP contribution in [0.4, 0.5) is 5.69 Å². The average Bonchev–Trinajstić information content (AvgIpc) is 2.67. The SMILES string of the molecule is COC(=O)CC1(OC)COc2cc([N+](=O)[O-])ccc2SC1. The van der Waals surface area contributed by atoms with Gasteiger partial charge in [-0.15, -0.1) is 11.8 Å². The first kappa shape index (κ1) is 15.6. The second-order valence-electron chi connectivity index (χ2n) is 4.61. The van der Waals surface area contributed by atoms with Crippen molar-refractivity contribution in [2.75, 3.05) is 26.6 Å². The van der Waals surface area contributed by atoms with E-state index in [0.717, 1.165) is 4.90 Å². The first-order valence-corrected chi connectivity index (χ1v) is 7.14. The molecule has 1 aromatic rings. The van der Waals surface area contributed by atoms with Crippen LogP contribution in [0.1, 0.15) is 6.42 Å². The summed E-state index contributed by atoms with van der Waals surface area (Å²) in [7, 11) is 2.82. The molecular formula is C13H15NO6S. The summed E-state index contributed by atoms with van der Waals surface area (Å²) >= 11 is 1.43. The number of nitro groups is 1. The minimum absolute atomic E-state index is 0.0350. The number of benzene rings is 1. The van der Waals surface area contributed by atoms with Crippen molar-refractivity contribution in [1.29, 1.82) is 0 Å². The molecule has 1 aliphatic rings. The number of nitro benzene ring substituents is 1. The zero-order valence-electron chi connectivity index (χ0n) is 11.7. The Morgan fingerprint density at radius 2 is 2.29 bits per heavy atom. The van der Waals surface area contributed by atoms with Gasteiger partial charge in [-0.1, -0.05) is 0 Å². The number of hydrogen-bond acceptors (Lipinski definition) is 7. The van der Waals surface area contributed by atoms with E-state index in [1.54, 1.807) is 6.07 Å². The van der Waals surface area contributed by atoms with Crippen molar-refractivity contribution in [3.05, 3.63) is 28.3 Å². The molecule has 0 amide bonds. The molecule has 0 bridgehead atoms. The number of rotatable bonds is 4. The van der Waals surface area contributed by atoms with Crippen molar-refractivity contribution in [2.24, 2.45) is 0 Å². The Hall–Kier alpha value is -1.80. The molecule has 0 fully saturated rings. The van der Waals surface area contributed by atoms with Crippen LogP contribution in [0.25, 0.3) is 0 Å². The molecule has 21 heavy (non-hydrogen) atoms. The zero-order chi connectivity index (χ0) is 15.5. The average molecular weight is 313 g/mol. The van der Waals surface area contributed by atoms with E-state index >= 15 is 0 Å². The van der Waals surface area contributed by atoms with E-state index in [4.69, 9.17) is 9.47 Å². The van der Waals surface area contributed by atoms with E-state index in [9.17, 15) is 14.9 Å². The number of thioether (sulfide) groups is 1. The maximum Gasteiger partial charge on any atom is 0.308 e. The van der Waals surface area contributed by atoms with Crippen molar-refractivity contribution >= 4 is 23.4 Å². The standard InChI is InChI=1S/C13H15NO6S/c1-18-12(15)6-13(19-2)7-20-10-5-9(14(16)17)3-4-11(10)21-8-13/h3-5H,6-8H2,1-2H3. The van der Waals surface area contributed by atoms with Gasteiger partial charge in [0, 0.05) is 23.8 Å². The summed E-state index contributed by atoms with van der Waals surface area (Å²) in [4.78, 5) is 22.6. The Kier molecular flexibility index (Phi) is 4.69. The molecule has 0 aliphatic carbocycles. The number of non-ortho nitro benzene ring substituents is 1. The Balaban J connectivity index is 2.22. The minimum Gasteiger partial charge on any atom is -0.489 e. The van der Waals surface area contributed by atoms with Gasteiger partial charge >= 0.3 is 5.97 Å². The van der Waals surface area contributed by atoms with Crippen LogP contribution in [-0.4, -0.2) is 43.1 Å². The van der Waals surface area contributed by atoms with E-state index in [-0.39, 0.29) is 18.7 Å². The molecule has 7 nitrogen and oxygen atoms in total. The highest BCUT2D eigenvalue weighted by Crippen LogP contribution is 2.39. The molecule has 0 aromatic heterocycles. The molecule has 0 saturated carbocycles. The van der Waals surface area contributed by atoms with Gasteiger partial charge < -0.3 is 14.2 Å². The van der Waals surface area contributed by atoms with Crippen LogP contribution in [0.5, 0.6) is 5.75 Å². The first-order chi connectivity index (χ1) is 9.99. The molecular weight excluding hydrogens is 298 g/mol. The van der Waals surface area contributed by atoms with E-state index in [1.165, 1.54) is 38.1 Å². The van der Waals surface area contributed by atoms with Crippen molar-refractivity contribution in [1.82, 2.24) is 0 Å². The maximum absolute atomic E-state index is 11.5. The highest BCUT2D eigenvalue weighted by atomic mass is 32.2. The quantitative estimate of drug-likeness (QED) is 0.477. The topological polar surface area (TPSA) is 87.9 Å². The van der Waals surface area contributed by atoms with Crippen LogP contribution in [0, 0.1) is 10.1 Å². The lowest BCUT2D eigenvalue weighted by atomic mass is 10.0. The van der Waals surface area contributed by atoms with Crippen LogP contribution >= 0.6 is 11.8 Å². The summed E-state index contributed by atoms with van der Waals surface area (Å²) in [6.45, 7) is 0.125. The largest absolute Gasteiger partial charge is 0.489 e. The van der Waals surface area contributed by atoms with Crippen LogP contribution < -0.4 is 4.74 Å². The molecule has 0 N–H and O–H groups in total. The lowest BCUT2D eigenvalue weighted by Crippen LogP contribution is -2.42. The second-order valence-corrected chi connectivity index (χ2v) is 5.62. The number of esters is 1. The van der Waals surface area contributed by atoms with Crippen LogP contribution in [0.15, 0.2) is 23.1 Å². The summed E-state index contributed by atoms with van der Waals surface area (Å²) in [5.41, 5.74) is -0.849. The molecule has 1 aliphatic heterocycles. The highest BCUT2D eigenvalue weighted by molar-refractivity contribution is 7.99. The molecule has 114 valence electrons. The molecule has 1 heterocycles. The molecule has 0 spiro atoms. The summed E-state index contributed by atoms with van der Waals surface area (Å²) < 4.78 is 15.8. The predicted molar refractivity (Wildman–Crippen MR) is 75.7 cm³/mol. The van der Waals surface area contributed by atoms with E-state index in [0.29, 0.717) is 11.5 Å². The summed E-state index contributed by atoms with van der Waals surface area (Å²) in [6.07, 6.45) is 0.0586. The fourth-order valence-electron chi connectivity index (χ4n) is 1.93. The van der Waals surface area contributed by atoms with Crippen molar-refractivity contribution in [3.8, 4) is 5.75 Å². The number of ether oxygens (including phenoxy) is 3. The second kappa shape index (κ2) is 6.31. The van der Waals surface area contributed by atoms with Gasteiger partial charge in [0.15, 0.2) is 0 Å². The Labute approximate surface area is 125 Å². The van der Waals surface area contributed by atoms with E-state index in [2.05, 4.69) is 4.74 Å². The van der Waals surface area contributed by atoms with Gasteiger partial charge in [0.1, 0.15) is 18.0 Å². The normalized spacial score (nSPS) is 20.9. The number of nitrogens with zero attached hydrogens (tertiary/aromatic N) is 1. The van der Waals surface area contributed by atoms with Gasteiger partial charge in [0.05, 0.1) is 24.5 Å². The van der Waals surface area contributed by atoms with Gasteiger partial charge in [0.2, 0.25) is 0 Å².